The summed E-state index contributed by atoms with van der Waals surface area (Å²) in [5.74, 6) is -0.673. The standard InChI is InChI=1S/C44H60O9/c1-39(2,52-37(45)29-15-11-9-12-16-29)31-21-25-43(7,48-31)35-23-27-41(5,50-35)33-19-20-34(47-33)42(6)28-24-36(51-42)44(8)26-22-32(49-44)40(3,4)53-38(46)30-17-13-10-14-18-30/h9-18,31-36H,19-28H2,1-8H3/t31-,32-,33-,34-,35-,36+,41-,42-,43-,44+/m0/s1. The summed E-state index contributed by atoms with van der Waals surface area (Å²) in [4.78, 5) is 25.8. The lowest BCUT2D eigenvalue weighted by atomic mass is 9.89. The van der Waals surface area contributed by atoms with Gasteiger partial charge in [-0.1, -0.05) is 36.4 Å². The largest absolute Gasteiger partial charge is 0.453 e. The molecule has 7 rings (SSSR count). The second-order valence-electron chi connectivity index (χ2n) is 18.2. The molecule has 5 aliphatic rings. The number of ether oxygens (including phenoxy) is 7. The highest BCUT2D eigenvalue weighted by Gasteiger charge is 2.59. The zero-order valence-corrected chi connectivity index (χ0v) is 33.0. The zero-order chi connectivity index (χ0) is 37.9. The van der Waals surface area contributed by atoms with Crippen LogP contribution in [0.4, 0.5) is 0 Å². The minimum absolute atomic E-state index is 0.0381. The van der Waals surface area contributed by atoms with Gasteiger partial charge < -0.3 is 33.2 Å². The quantitative estimate of drug-likeness (QED) is 0.223. The minimum Gasteiger partial charge on any atom is -0.453 e. The predicted octanol–water partition coefficient (Wildman–Crippen LogP) is 8.56. The first kappa shape index (κ1) is 38.5. The summed E-state index contributed by atoms with van der Waals surface area (Å²) >= 11 is 0. The van der Waals surface area contributed by atoms with Crippen molar-refractivity contribution in [1.82, 2.24) is 0 Å². The molecule has 2 aromatic rings. The Bertz CT molecular complexity index is 1510. The van der Waals surface area contributed by atoms with E-state index < -0.39 is 33.6 Å². The summed E-state index contributed by atoms with van der Waals surface area (Å²) < 4.78 is 46.2. The number of carbonyl (C=O) groups excluding carboxylic acids is 2. The monoisotopic (exact) mass is 732 g/mol. The molecule has 5 fully saturated rings. The van der Waals surface area contributed by atoms with Crippen molar-refractivity contribution >= 4 is 11.9 Å². The number of esters is 2. The third-order valence-electron chi connectivity index (χ3n) is 13.3. The Hall–Kier alpha value is -2.82. The van der Waals surface area contributed by atoms with Crippen LogP contribution in [0.2, 0.25) is 0 Å². The average molecular weight is 733 g/mol. The Morgan fingerprint density at radius 1 is 0.509 bits per heavy atom. The van der Waals surface area contributed by atoms with E-state index in [0.29, 0.717) is 11.1 Å². The molecule has 0 amide bonds. The molecule has 9 heteroatoms. The van der Waals surface area contributed by atoms with E-state index >= 15 is 0 Å². The maximum atomic E-state index is 12.9. The predicted molar refractivity (Wildman–Crippen MR) is 200 cm³/mol. The highest BCUT2D eigenvalue weighted by Crippen LogP contribution is 2.52. The molecule has 5 saturated heterocycles. The first-order valence-electron chi connectivity index (χ1n) is 19.9. The first-order chi connectivity index (χ1) is 24.9. The maximum absolute atomic E-state index is 12.9. The summed E-state index contributed by atoms with van der Waals surface area (Å²) in [5.41, 5.74) is -2.30. The van der Waals surface area contributed by atoms with E-state index in [1.54, 1.807) is 24.3 Å². The van der Waals surface area contributed by atoms with Gasteiger partial charge in [-0.25, -0.2) is 9.59 Å². The molecule has 0 spiro atoms. The smallest absolute Gasteiger partial charge is 0.338 e. The highest BCUT2D eigenvalue weighted by atomic mass is 16.6. The van der Waals surface area contributed by atoms with Crippen LogP contribution in [0.25, 0.3) is 0 Å². The first-order valence-corrected chi connectivity index (χ1v) is 19.9. The Morgan fingerprint density at radius 2 is 0.849 bits per heavy atom. The minimum atomic E-state index is -0.782. The van der Waals surface area contributed by atoms with Gasteiger partial charge in [0.25, 0.3) is 0 Å². The van der Waals surface area contributed by atoms with Gasteiger partial charge in [-0.05, 0) is 144 Å². The maximum Gasteiger partial charge on any atom is 0.338 e. The van der Waals surface area contributed by atoms with Crippen molar-refractivity contribution in [3.05, 3.63) is 71.8 Å². The molecule has 0 radical (unpaired) electrons. The Balaban J connectivity index is 0.918. The van der Waals surface area contributed by atoms with Crippen molar-refractivity contribution in [1.29, 1.82) is 0 Å². The van der Waals surface area contributed by atoms with Crippen molar-refractivity contribution in [3.63, 3.8) is 0 Å². The molecule has 5 heterocycles. The van der Waals surface area contributed by atoms with Crippen molar-refractivity contribution in [2.24, 2.45) is 0 Å². The molecule has 0 saturated carbocycles. The number of hydrogen-bond acceptors (Lipinski definition) is 9. The van der Waals surface area contributed by atoms with Crippen LogP contribution in [0.3, 0.4) is 0 Å². The summed E-state index contributed by atoms with van der Waals surface area (Å²) in [6.07, 6.45) is 7.95. The fraction of sp³-hybridized carbons (Fsp3) is 0.682. The van der Waals surface area contributed by atoms with Gasteiger partial charge in [-0.15, -0.1) is 0 Å². The van der Waals surface area contributed by atoms with Gasteiger partial charge in [0.1, 0.15) is 11.2 Å². The average Bonchev–Trinajstić information content (AvgIpc) is 3.97. The number of rotatable bonds is 10. The van der Waals surface area contributed by atoms with Crippen LogP contribution >= 0.6 is 0 Å². The van der Waals surface area contributed by atoms with Gasteiger partial charge in [0.2, 0.25) is 0 Å². The van der Waals surface area contributed by atoms with Crippen LogP contribution in [0.15, 0.2) is 60.7 Å². The molecule has 0 bridgehead atoms. The van der Waals surface area contributed by atoms with Crippen LogP contribution in [-0.4, -0.2) is 82.2 Å². The molecule has 290 valence electrons. The van der Waals surface area contributed by atoms with Gasteiger partial charge >= 0.3 is 11.9 Å². The second kappa shape index (κ2) is 14.0. The third kappa shape index (κ3) is 7.58. The lowest BCUT2D eigenvalue weighted by Gasteiger charge is -2.39. The van der Waals surface area contributed by atoms with Crippen molar-refractivity contribution in [3.8, 4) is 0 Å². The molecule has 53 heavy (non-hydrogen) atoms. The van der Waals surface area contributed by atoms with Gasteiger partial charge in [-0.2, -0.15) is 0 Å². The van der Waals surface area contributed by atoms with Gasteiger partial charge in [-0.3, -0.25) is 0 Å². The van der Waals surface area contributed by atoms with E-state index in [2.05, 4.69) is 27.7 Å². The Labute approximate surface area is 315 Å². The number of hydrogen-bond donors (Lipinski definition) is 0. The topological polar surface area (TPSA) is 98.8 Å². The lowest BCUT2D eigenvalue weighted by molar-refractivity contribution is -0.214. The van der Waals surface area contributed by atoms with E-state index in [9.17, 15) is 9.59 Å². The zero-order valence-electron chi connectivity index (χ0n) is 33.0. The van der Waals surface area contributed by atoms with Gasteiger partial charge in [0, 0.05) is 0 Å². The molecule has 0 N–H and O–H groups in total. The molecular weight excluding hydrogens is 672 g/mol. The van der Waals surface area contributed by atoms with Crippen molar-refractivity contribution in [2.75, 3.05) is 0 Å². The van der Waals surface area contributed by atoms with E-state index in [0.717, 1.165) is 64.2 Å². The molecule has 2 aromatic carbocycles. The van der Waals surface area contributed by atoms with Crippen molar-refractivity contribution < 1.29 is 42.7 Å². The third-order valence-corrected chi connectivity index (χ3v) is 13.3. The van der Waals surface area contributed by atoms with Crippen molar-refractivity contribution in [2.45, 2.75) is 190 Å². The molecule has 0 aromatic heterocycles. The van der Waals surface area contributed by atoms with Crippen LogP contribution in [0.1, 0.15) is 140 Å². The molecular formula is C44H60O9. The van der Waals surface area contributed by atoms with Crippen LogP contribution < -0.4 is 0 Å². The molecule has 10 atom stereocenters. The fourth-order valence-electron chi connectivity index (χ4n) is 9.64. The van der Waals surface area contributed by atoms with Gasteiger partial charge in [0.15, 0.2) is 0 Å². The summed E-state index contributed by atoms with van der Waals surface area (Å²) in [7, 11) is 0. The van der Waals surface area contributed by atoms with Crippen LogP contribution in [-0.2, 0) is 33.2 Å². The summed E-state index contributed by atoms with van der Waals surface area (Å²) in [5, 5.41) is 0. The van der Waals surface area contributed by atoms with E-state index in [1.165, 1.54) is 0 Å². The van der Waals surface area contributed by atoms with Gasteiger partial charge in [0.05, 0.1) is 70.2 Å². The Morgan fingerprint density at radius 3 is 1.23 bits per heavy atom. The van der Waals surface area contributed by atoms with Crippen LogP contribution in [0.5, 0.6) is 0 Å². The van der Waals surface area contributed by atoms with Crippen LogP contribution in [0, 0.1) is 0 Å². The fourth-order valence-corrected chi connectivity index (χ4v) is 9.64. The molecule has 9 nitrogen and oxygen atoms in total. The second-order valence-corrected chi connectivity index (χ2v) is 18.2. The van der Waals surface area contributed by atoms with E-state index in [4.69, 9.17) is 33.2 Å². The highest BCUT2D eigenvalue weighted by molar-refractivity contribution is 5.90. The SMILES string of the molecule is CC(C)(OC(=O)c1ccccc1)[C@@H]1CC[C@](C)([C@H]2CC[C@@](C)([C@@H]3CC[C@@H]([C@]4(C)CC[C@@H]([C@]5(C)CC[C@@H](C(C)(C)OC(=O)c6ccccc6)O5)O4)O3)O2)O1. The van der Waals surface area contributed by atoms with E-state index in [1.807, 2.05) is 64.1 Å². The lowest BCUT2D eigenvalue weighted by Crippen LogP contribution is -2.49. The summed E-state index contributed by atoms with van der Waals surface area (Å²) in [6, 6.07) is 18.2. The number of carbonyl (C=O) groups is 2. The Kier molecular flexibility index (Phi) is 10.2. The van der Waals surface area contributed by atoms with E-state index in [-0.39, 0.29) is 48.6 Å². The normalized spacial score (nSPS) is 39.0. The molecule has 0 unspecified atom stereocenters. The molecule has 5 aliphatic heterocycles. The summed E-state index contributed by atoms with van der Waals surface area (Å²) in [6.45, 7) is 16.4. The molecule has 0 aliphatic carbocycles. The number of benzene rings is 2.